The predicted octanol–water partition coefficient (Wildman–Crippen LogP) is -1.99. The number of carbonyl (C=O) groups is 2. The van der Waals surface area contributed by atoms with E-state index in [9.17, 15) is 9.59 Å². The normalized spacial score (nSPS) is 11.5. The number of hydrogen-bond acceptors (Lipinski definition) is 7. The molecule has 0 fully saturated rings. The first-order chi connectivity index (χ1) is 10.9. The first-order valence-corrected chi connectivity index (χ1v) is 6.75. The Balaban J connectivity index is 2.34. The Kier molecular flexibility index (Phi) is 7.26. The fourth-order valence-corrected chi connectivity index (χ4v) is 1.51. The van der Waals surface area contributed by atoms with Crippen molar-refractivity contribution in [3.63, 3.8) is 0 Å². The molecular formula is C11H20N8O4. The molecule has 23 heavy (non-hydrogen) atoms. The van der Waals surface area contributed by atoms with Gasteiger partial charge in [0.1, 0.15) is 6.54 Å². The van der Waals surface area contributed by atoms with Crippen LogP contribution in [0.4, 0.5) is 4.79 Å². The first kappa shape index (κ1) is 18.2. The van der Waals surface area contributed by atoms with Gasteiger partial charge in [0.15, 0.2) is 11.8 Å². The predicted molar refractivity (Wildman–Crippen MR) is 79.0 cm³/mol. The summed E-state index contributed by atoms with van der Waals surface area (Å²) in [5.74, 6) is -0.665. The molecule has 12 nitrogen and oxygen atoms in total. The Bertz CT molecular complexity index is 554. The van der Waals surface area contributed by atoms with Crippen LogP contribution in [0, 0.1) is 0 Å². The summed E-state index contributed by atoms with van der Waals surface area (Å²) < 4.78 is 4.94. The van der Waals surface area contributed by atoms with Crippen LogP contribution >= 0.6 is 0 Å². The number of amides is 2. The quantitative estimate of drug-likeness (QED) is 0.168. The number of aromatic nitrogens is 2. The molecule has 1 aromatic heterocycles. The number of carbonyl (C=O) groups excluding carboxylic acids is 1. The van der Waals surface area contributed by atoms with Crippen molar-refractivity contribution in [2.24, 2.45) is 22.2 Å². The molecule has 0 saturated carbocycles. The Morgan fingerprint density at radius 3 is 2.74 bits per heavy atom. The van der Waals surface area contributed by atoms with E-state index in [1.54, 1.807) is 0 Å². The Morgan fingerprint density at radius 2 is 2.09 bits per heavy atom. The van der Waals surface area contributed by atoms with Gasteiger partial charge in [-0.2, -0.15) is 4.98 Å². The van der Waals surface area contributed by atoms with Gasteiger partial charge < -0.3 is 37.5 Å². The fraction of sp³-hybridized carbons (Fsp3) is 0.545. The second-order valence-corrected chi connectivity index (χ2v) is 4.53. The highest BCUT2D eigenvalue weighted by Gasteiger charge is 2.14. The highest BCUT2D eigenvalue weighted by atomic mass is 16.5. The maximum atomic E-state index is 11.3. The van der Waals surface area contributed by atoms with Crippen molar-refractivity contribution in [1.29, 1.82) is 0 Å². The standard InChI is InChI=1S/C11H20N8O4/c12-6(2-1-3-15-10(13)14)9-18-7(23-19-9)4-16-11(22)17-5-8(20)21/h6H,1-5,12H2,(H,20,21)(H4,13,14,15)(H2,16,17,22)/t6-/m0/s1. The highest BCUT2D eigenvalue weighted by Crippen LogP contribution is 2.12. The molecular weight excluding hydrogens is 308 g/mol. The van der Waals surface area contributed by atoms with Gasteiger partial charge in [-0.3, -0.25) is 9.79 Å². The lowest BCUT2D eigenvalue weighted by Crippen LogP contribution is -2.38. The van der Waals surface area contributed by atoms with Gasteiger partial charge in [-0.25, -0.2) is 4.79 Å². The minimum Gasteiger partial charge on any atom is -0.480 e. The average molecular weight is 328 g/mol. The van der Waals surface area contributed by atoms with E-state index in [2.05, 4.69) is 25.8 Å². The number of aliphatic imine (C=N–C) groups is 1. The van der Waals surface area contributed by atoms with Gasteiger partial charge in [0, 0.05) is 6.54 Å². The van der Waals surface area contributed by atoms with E-state index in [-0.39, 0.29) is 18.4 Å². The number of aliphatic carboxylic acids is 1. The summed E-state index contributed by atoms with van der Waals surface area (Å²) in [4.78, 5) is 29.4. The third-order valence-electron chi connectivity index (χ3n) is 2.58. The zero-order valence-corrected chi connectivity index (χ0v) is 12.4. The van der Waals surface area contributed by atoms with Crippen molar-refractivity contribution in [1.82, 2.24) is 20.8 Å². The van der Waals surface area contributed by atoms with Crippen molar-refractivity contribution in [3.8, 4) is 0 Å². The fourth-order valence-electron chi connectivity index (χ4n) is 1.51. The third kappa shape index (κ3) is 7.61. The summed E-state index contributed by atoms with van der Waals surface area (Å²) in [5, 5.41) is 16.6. The van der Waals surface area contributed by atoms with Gasteiger partial charge >= 0.3 is 12.0 Å². The molecule has 0 aliphatic carbocycles. The molecule has 0 bridgehead atoms. The largest absolute Gasteiger partial charge is 0.480 e. The summed E-state index contributed by atoms with van der Waals surface area (Å²) in [7, 11) is 0. The number of rotatable bonds is 9. The smallest absolute Gasteiger partial charge is 0.323 e. The van der Waals surface area contributed by atoms with E-state index in [0.29, 0.717) is 25.2 Å². The number of carboxylic acids is 1. The molecule has 0 unspecified atom stereocenters. The molecule has 1 rings (SSSR count). The molecule has 0 aliphatic rings. The van der Waals surface area contributed by atoms with E-state index < -0.39 is 24.6 Å². The molecule has 0 aliphatic heterocycles. The van der Waals surface area contributed by atoms with E-state index in [0.717, 1.165) is 0 Å². The average Bonchev–Trinajstić information content (AvgIpc) is 2.96. The van der Waals surface area contributed by atoms with Crippen molar-refractivity contribution in [2.75, 3.05) is 13.1 Å². The van der Waals surface area contributed by atoms with Gasteiger partial charge in [0.25, 0.3) is 0 Å². The molecule has 12 heteroatoms. The number of urea groups is 1. The summed E-state index contributed by atoms with van der Waals surface area (Å²) in [6.07, 6.45) is 1.21. The van der Waals surface area contributed by atoms with Crippen molar-refractivity contribution in [3.05, 3.63) is 11.7 Å². The van der Waals surface area contributed by atoms with Gasteiger partial charge in [-0.1, -0.05) is 5.16 Å². The molecule has 0 saturated heterocycles. The second kappa shape index (κ2) is 9.19. The number of nitrogens with two attached hydrogens (primary N) is 3. The Labute approximate surface area is 131 Å². The number of guanidine groups is 1. The molecule has 0 spiro atoms. The Morgan fingerprint density at radius 1 is 1.35 bits per heavy atom. The van der Waals surface area contributed by atoms with Crippen LogP contribution in [0.25, 0.3) is 0 Å². The lowest BCUT2D eigenvalue weighted by molar-refractivity contribution is -0.135. The number of carboxylic acid groups (broad SMARTS) is 1. The van der Waals surface area contributed by atoms with Crippen LogP contribution in [0.1, 0.15) is 30.6 Å². The van der Waals surface area contributed by atoms with Gasteiger partial charge in [0.05, 0.1) is 12.6 Å². The van der Waals surface area contributed by atoms with Crippen LogP contribution < -0.4 is 27.8 Å². The lowest BCUT2D eigenvalue weighted by Gasteiger charge is -2.05. The summed E-state index contributed by atoms with van der Waals surface area (Å²) in [6.45, 7) is -0.0766. The Hall–Kier alpha value is -2.89. The van der Waals surface area contributed by atoms with Crippen LogP contribution in [-0.4, -0.2) is 46.3 Å². The third-order valence-corrected chi connectivity index (χ3v) is 2.58. The van der Waals surface area contributed by atoms with E-state index in [1.165, 1.54) is 0 Å². The number of hydrogen-bond donors (Lipinski definition) is 6. The van der Waals surface area contributed by atoms with Gasteiger partial charge in [-0.15, -0.1) is 0 Å². The second-order valence-electron chi connectivity index (χ2n) is 4.53. The zero-order valence-electron chi connectivity index (χ0n) is 12.4. The molecule has 1 atom stereocenters. The summed E-state index contributed by atoms with van der Waals surface area (Å²) >= 11 is 0. The topological polar surface area (TPSA) is 208 Å². The van der Waals surface area contributed by atoms with E-state index in [1.807, 2.05) is 0 Å². The van der Waals surface area contributed by atoms with Gasteiger partial charge in [-0.05, 0) is 12.8 Å². The number of nitrogens with one attached hydrogen (secondary N) is 2. The minimum atomic E-state index is -1.15. The number of nitrogens with zero attached hydrogens (tertiary/aromatic N) is 3. The van der Waals surface area contributed by atoms with Crippen LogP contribution in [0.2, 0.25) is 0 Å². The van der Waals surface area contributed by atoms with Crippen LogP contribution in [0.15, 0.2) is 9.52 Å². The van der Waals surface area contributed by atoms with Crippen LogP contribution in [-0.2, 0) is 11.3 Å². The molecule has 0 radical (unpaired) electrons. The van der Waals surface area contributed by atoms with E-state index >= 15 is 0 Å². The van der Waals surface area contributed by atoms with Crippen LogP contribution in [0.5, 0.6) is 0 Å². The summed E-state index contributed by atoms with van der Waals surface area (Å²) in [5.41, 5.74) is 16.3. The maximum absolute atomic E-state index is 11.3. The summed E-state index contributed by atoms with van der Waals surface area (Å²) in [6, 6.07) is -1.10. The van der Waals surface area contributed by atoms with Crippen molar-refractivity contribution < 1.29 is 19.2 Å². The van der Waals surface area contributed by atoms with Gasteiger partial charge in [0.2, 0.25) is 5.89 Å². The van der Waals surface area contributed by atoms with Crippen molar-refractivity contribution in [2.45, 2.75) is 25.4 Å². The lowest BCUT2D eigenvalue weighted by atomic mass is 10.1. The SMILES string of the molecule is NC(N)=NCCC[C@H](N)c1noc(CNC(=O)NCC(=O)O)n1. The maximum Gasteiger partial charge on any atom is 0.323 e. The minimum absolute atomic E-state index is 0.0210. The molecule has 2 amide bonds. The molecule has 9 N–H and O–H groups in total. The van der Waals surface area contributed by atoms with Crippen LogP contribution in [0.3, 0.4) is 0 Å². The zero-order chi connectivity index (χ0) is 17.2. The molecule has 1 aromatic rings. The molecule has 128 valence electrons. The molecule has 0 aromatic carbocycles. The first-order valence-electron chi connectivity index (χ1n) is 6.75. The highest BCUT2D eigenvalue weighted by molar-refractivity contribution is 5.79. The molecule has 1 heterocycles. The monoisotopic (exact) mass is 328 g/mol. The van der Waals surface area contributed by atoms with E-state index in [4.69, 9.17) is 26.8 Å². The van der Waals surface area contributed by atoms with Crippen molar-refractivity contribution >= 4 is 18.0 Å².